The van der Waals surface area contributed by atoms with Crippen LogP contribution in [0.3, 0.4) is 0 Å². The summed E-state index contributed by atoms with van der Waals surface area (Å²) in [5.41, 5.74) is 2.36. The molecule has 0 radical (unpaired) electrons. The van der Waals surface area contributed by atoms with E-state index in [0.29, 0.717) is 30.9 Å². The monoisotopic (exact) mass is 408 g/mol. The molecule has 2 aromatic rings. The molecule has 4 heteroatoms. The third kappa shape index (κ3) is 7.11. The van der Waals surface area contributed by atoms with Gasteiger partial charge in [0.25, 0.3) is 0 Å². The minimum Gasteiger partial charge on any atom is -0.508 e. The second-order valence-electron chi connectivity index (χ2n) is 7.14. The number of benzene rings is 2. The van der Waals surface area contributed by atoms with E-state index >= 15 is 0 Å². The Kier molecular flexibility index (Phi) is 9.72. The van der Waals surface area contributed by atoms with Gasteiger partial charge in [0.1, 0.15) is 17.2 Å². The molecule has 0 aliphatic carbocycles. The summed E-state index contributed by atoms with van der Waals surface area (Å²) in [6.07, 6.45) is 9.87. The Morgan fingerprint density at radius 3 is 2.23 bits per heavy atom. The van der Waals surface area contributed by atoms with Gasteiger partial charge in [-0.1, -0.05) is 32.8 Å². The van der Waals surface area contributed by atoms with Gasteiger partial charge in [-0.25, -0.2) is 0 Å². The predicted octanol–water partition coefficient (Wildman–Crippen LogP) is 6.37. The maximum Gasteiger partial charge on any atom is 0.185 e. The van der Waals surface area contributed by atoms with Crippen molar-refractivity contribution in [1.29, 1.82) is 0 Å². The lowest BCUT2D eigenvalue weighted by Gasteiger charge is -2.16. The van der Waals surface area contributed by atoms with Gasteiger partial charge in [0.05, 0.1) is 13.2 Å². The van der Waals surface area contributed by atoms with Crippen LogP contribution < -0.4 is 9.47 Å². The van der Waals surface area contributed by atoms with E-state index in [1.54, 1.807) is 18.2 Å². The first-order valence-corrected chi connectivity index (χ1v) is 10.6. The van der Waals surface area contributed by atoms with Crippen molar-refractivity contribution in [2.45, 2.75) is 46.0 Å². The van der Waals surface area contributed by atoms with Gasteiger partial charge in [0.15, 0.2) is 5.78 Å². The lowest BCUT2D eigenvalue weighted by atomic mass is 10.0. The summed E-state index contributed by atoms with van der Waals surface area (Å²) in [5.74, 6) is 1.51. The summed E-state index contributed by atoms with van der Waals surface area (Å²) >= 11 is 0. The Bertz CT molecular complexity index is 850. The highest BCUT2D eigenvalue weighted by Crippen LogP contribution is 2.31. The van der Waals surface area contributed by atoms with Gasteiger partial charge in [-0.05, 0) is 67.3 Å². The lowest BCUT2D eigenvalue weighted by Crippen LogP contribution is -2.04. The van der Waals surface area contributed by atoms with Gasteiger partial charge in [0.2, 0.25) is 0 Å². The normalized spacial score (nSPS) is 10.9. The number of hydrogen-bond acceptors (Lipinski definition) is 4. The number of carbonyl (C=O) groups is 1. The molecule has 0 amide bonds. The van der Waals surface area contributed by atoms with Gasteiger partial charge in [-0.15, -0.1) is 6.58 Å². The van der Waals surface area contributed by atoms with Crippen molar-refractivity contribution in [3.05, 3.63) is 71.8 Å². The second-order valence-corrected chi connectivity index (χ2v) is 7.14. The number of ether oxygens (including phenoxy) is 2. The van der Waals surface area contributed by atoms with Crippen molar-refractivity contribution in [2.75, 3.05) is 13.2 Å². The average Bonchev–Trinajstić information content (AvgIpc) is 2.75. The van der Waals surface area contributed by atoms with E-state index in [9.17, 15) is 9.90 Å². The van der Waals surface area contributed by atoms with Gasteiger partial charge >= 0.3 is 0 Å². The van der Waals surface area contributed by atoms with E-state index in [-0.39, 0.29) is 11.5 Å². The third-order valence-electron chi connectivity index (χ3n) is 4.63. The summed E-state index contributed by atoms with van der Waals surface area (Å²) in [5, 5.41) is 9.40. The Morgan fingerprint density at radius 1 is 1.00 bits per heavy atom. The van der Waals surface area contributed by atoms with Crippen LogP contribution in [0.25, 0.3) is 6.08 Å². The Labute approximate surface area is 179 Å². The van der Waals surface area contributed by atoms with E-state index < -0.39 is 0 Å². The van der Waals surface area contributed by atoms with Crippen molar-refractivity contribution in [1.82, 2.24) is 0 Å². The molecule has 0 spiro atoms. The molecule has 0 bridgehead atoms. The average molecular weight is 409 g/mol. The number of allylic oxidation sites excluding steroid dienone is 2. The number of phenolic OH excluding ortho intramolecular Hbond substituents is 1. The molecular weight excluding hydrogens is 376 g/mol. The molecule has 4 nitrogen and oxygen atoms in total. The first kappa shape index (κ1) is 23.3. The lowest BCUT2D eigenvalue weighted by molar-refractivity contribution is 0.104. The summed E-state index contributed by atoms with van der Waals surface area (Å²) in [6.45, 7) is 9.36. The van der Waals surface area contributed by atoms with Gasteiger partial charge in [0, 0.05) is 17.2 Å². The van der Waals surface area contributed by atoms with Crippen LogP contribution in [0.5, 0.6) is 17.2 Å². The molecule has 30 heavy (non-hydrogen) atoms. The highest BCUT2D eigenvalue weighted by Gasteiger charge is 2.11. The second kappa shape index (κ2) is 12.5. The van der Waals surface area contributed by atoms with E-state index in [2.05, 4.69) is 20.4 Å². The fraction of sp³-hybridized carbons (Fsp3) is 0.346. The van der Waals surface area contributed by atoms with Crippen molar-refractivity contribution in [3.63, 3.8) is 0 Å². The Hall–Kier alpha value is -3.01. The largest absolute Gasteiger partial charge is 0.508 e. The molecule has 0 aliphatic rings. The van der Waals surface area contributed by atoms with Crippen LogP contribution in [-0.2, 0) is 6.42 Å². The molecule has 2 rings (SSSR count). The van der Waals surface area contributed by atoms with Gasteiger partial charge < -0.3 is 14.6 Å². The number of carbonyl (C=O) groups excluding carboxylic acids is 1. The third-order valence-corrected chi connectivity index (χ3v) is 4.63. The summed E-state index contributed by atoms with van der Waals surface area (Å²) in [4.78, 5) is 12.5. The van der Waals surface area contributed by atoms with Crippen LogP contribution in [0.15, 0.2) is 55.1 Å². The maximum absolute atomic E-state index is 12.5. The zero-order valence-corrected chi connectivity index (χ0v) is 18.0. The highest BCUT2D eigenvalue weighted by atomic mass is 16.5. The summed E-state index contributed by atoms with van der Waals surface area (Å²) < 4.78 is 12.0. The minimum absolute atomic E-state index is 0.134. The molecule has 0 aliphatic heterocycles. The first-order chi connectivity index (χ1) is 14.6. The van der Waals surface area contributed by atoms with E-state index in [0.717, 1.165) is 42.6 Å². The number of unbranched alkanes of at least 4 members (excludes halogenated alkanes) is 2. The highest BCUT2D eigenvalue weighted by molar-refractivity contribution is 6.07. The van der Waals surface area contributed by atoms with Crippen molar-refractivity contribution >= 4 is 11.9 Å². The van der Waals surface area contributed by atoms with Crippen LogP contribution in [0.2, 0.25) is 0 Å². The summed E-state index contributed by atoms with van der Waals surface area (Å²) in [6, 6.07) is 10.2. The molecule has 0 saturated carbocycles. The van der Waals surface area contributed by atoms with Crippen LogP contribution >= 0.6 is 0 Å². The molecule has 0 fully saturated rings. The van der Waals surface area contributed by atoms with E-state index in [1.807, 2.05) is 18.2 Å². The van der Waals surface area contributed by atoms with E-state index in [1.165, 1.54) is 18.2 Å². The van der Waals surface area contributed by atoms with Crippen LogP contribution in [-0.4, -0.2) is 24.1 Å². The Morgan fingerprint density at radius 2 is 1.63 bits per heavy atom. The fourth-order valence-corrected chi connectivity index (χ4v) is 2.87. The fourth-order valence-electron chi connectivity index (χ4n) is 2.87. The van der Waals surface area contributed by atoms with Crippen molar-refractivity contribution in [2.24, 2.45) is 0 Å². The van der Waals surface area contributed by atoms with Gasteiger partial charge in [-0.2, -0.15) is 0 Å². The number of rotatable bonds is 13. The number of phenols is 1. The zero-order valence-electron chi connectivity index (χ0n) is 18.0. The predicted molar refractivity (Wildman–Crippen MR) is 123 cm³/mol. The molecule has 0 saturated heterocycles. The molecule has 0 unspecified atom stereocenters. The molecule has 160 valence electrons. The molecule has 0 aromatic heterocycles. The van der Waals surface area contributed by atoms with Gasteiger partial charge in [-0.3, -0.25) is 4.79 Å². The SMILES string of the molecule is C=CCc1cc(/C=C/C(=O)c2ccc(O)cc2)c(OCCCC)cc1OCCCC. The van der Waals surface area contributed by atoms with E-state index in [4.69, 9.17) is 9.47 Å². The van der Waals surface area contributed by atoms with Crippen LogP contribution in [0.1, 0.15) is 61.0 Å². The molecule has 0 heterocycles. The van der Waals surface area contributed by atoms with Crippen LogP contribution in [0.4, 0.5) is 0 Å². The van der Waals surface area contributed by atoms with Crippen molar-refractivity contribution < 1.29 is 19.4 Å². The molecular formula is C26H32O4. The number of ketones is 1. The maximum atomic E-state index is 12.5. The van der Waals surface area contributed by atoms with Crippen molar-refractivity contribution in [3.8, 4) is 17.2 Å². The smallest absolute Gasteiger partial charge is 0.185 e. The molecule has 0 atom stereocenters. The first-order valence-electron chi connectivity index (χ1n) is 10.6. The standard InChI is InChI=1S/C26H32O4/c1-4-7-16-29-25-19-26(30-17-8-5-2)22(18-21(25)9-6-3)12-15-24(28)20-10-13-23(27)14-11-20/h6,10-15,18-19,27H,3-5,7-9,16-17H2,1-2H3/b15-12+. The summed E-state index contributed by atoms with van der Waals surface area (Å²) in [7, 11) is 0. The zero-order chi connectivity index (χ0) is 21.8. The molecule has 2 aromatic carbocycles. The Balaban J connectivity index is 2.33. The number of hydrogen-bond donors (Lipinski definition) is 1. The minimum atomic E-state index is -0.136. The topological polar surface area (TPSA) is 55.8 Å². The number of aromatic hydroxyl groups is 1. The molecule has 1 N–H and O–H groups in total. The van der Waals surface area contributed by atoms with Crippen LogP contribution in [0, 0.1) is 0 Å². The quantitative estimate of drug-likeness (QED) is 0.181.